The third-order valence-electron chi connectivity index (χ3n) is 12.3. The van der Waals surface area contributed by atoms with Crippen molar-refractivity contribution >= 4 is 48.8 Å². The van der Waals surface area contributed by atoms with E-state index in [0.29, 0.717) is 38.5 Å². The summed E-state index contributed by atoms with van der Waals surface area (Å²) in [6.45, 7) is 41.0. The Labute approximate surface area is 671 Å². The second kappa shape index (κ2) is 109. The van der Waals surface area contributed by atoms with Gasteiger partial charge in [-0.1, -0.05) is 287 Å². The van der Waals surface area contributed by atoms with E-state index in [1.807, 2.05) is 120 Å². The van der Waals surface area contributed by atoms with Crippen molar-refractivity contribution in [2.75, 3.05) is 0 Å². The van der Waals surface area contributed by atoms with Crippen LogP contribution in [0.4, 0.5) is 0 Å². The monoisotopic (exact) mass is 1780 g/mol. The van der Waals surface area contributed by atoms with Crippen molar-refractivity contribution in [3.05, 3.63) is 25.7 Å². The van der Waals surface area contributed by atoms with Crippen LogP contribution in [-0.4, -0.2) is 85.0 Å². The van der Waals surface area contributed by atoms with Crippen LogP contribution in [0.5, 0.6) is 0 Å². The fourth-order valence-electron chi connectivity index (χ4n) is 7.19. The van der Waals surface area contributed by atoms with E-state index in [9.17, 15) is 38.4 Å². The summed E-state index contributed by atoms with van der Waals surface area (Å²) < 4.78 is 0. The van der Waals surface area contributed by atoms with Crippen molar-refractivity contribution in [2.45, 2.75) is 380 Å². The summed E-state index contributed by atoms with van der Waals surface area (Å²) in [6.07, 6.45) is 47.2. The standard InChI is InChI=1S/C15H28NO2.2C14H27N2O2.C14H26NO2.C3H8.4C3H7.4La/c1-4-6-8-10-13(3)15(18)16-14(12-17)11-9-7-5-2;2*1-3-5-7-9-12(11-17)16-14(18)13(15)10-8-6-4-2;1-4-6-8-10-13(11-16)15-14(17)12(3)9-7-5-2;5*1-3-2;;;;/h13-14H,4-11H2,1-3H3,(H,16,18);2*12-13H,3-10,15H2,1-2H3,(H,16,18);12-13H,4-10H2,1-3H3,(H,15,17);3H2,1-2H3;4*3H,1-2H3;;;;/q4*-1;;4*-1;;;;. The van der Waals surface area contributed by atoms with Crippen LogP contribution in [0.2, 0.25) is 0 Å². The van der Waals surface area contributed by atoms with Gasteiger partial charge < -0.3 is 77.6 Å². The Balaban J connectivity index is -0.0000000730. The van der Waals surface area contributed by atoms with Gasteiger partial charge in [0.15, 0.2) is 0 Å². The summed E-state index contributed by atoms with van der Waals surface area (Å²) in [6, 6.07) is -2.84. The van der Waals surface area contributed by atoms with Crippen LogP contribution in [0.1, 0.15) is 344 Å². The van der Waals surface area contributed by atoms with Gasteiger partial charge >= 0.3 is 0 Å². The third kappa shape index (κ3) is 108. The van der Waals surface area contributed by atoms with E-state index in [-0.39, 0.29) is 178 Å². The Morgan fingerprint density at radius 3 is 0.633 bits per heavy atom. The fraction of sp³-hybridized carbons (Fsp3) is 0.833. The Kier molecular flexibility index (Phi) is 147. The predicted octanol–water partition coefficient (Wildman–Crippen LogP) is 16.8. The zero-order chi connectivity index (χ0) is 68.0. The van der Waals surface area contributed by atoms with Gasteiger partial charge in [-0.05, 0) is 25.7 Å². The van der Waals surface area contributed by atoms with E-state index in [4.69, 9.17) is 11.5 Å². The molecule has 14 nitrogen and oxygen atoms in total. The number of carbonyl (C=O) groups excluding carboxylic acids is 8. The first-order valence-corrected chi connectivity index (χ1v) is 34.4. The number of nitrogens with one attached hydrogen (secondary N) is 4. The molecule has 0 aromatic carbocycles. The van der Waals surface area contributed by atoms with Gasteiger partial charge in [0.1, 0.15) is 0 Å². The number of rotatable bonds is 43. The smallest absolute Gasteiger partial charge is 0.234 e. The minimum absolute atomic E-state index is 0. The van der Waals surface area contributed by atoms with Crippen LogP contribution in [-0.2, 0) is 38.4 Å². The zero-order valence-corrected chi connectivity index (χ0v) is 76.8. The van der Waals surface area contributed by atoms with Gasteiger partial charge in [-0.25, -0.2) is 25.1 Å². The summed E-state index contributed by atoms with van der Waals surface area (Å²) in [7, 11) is 0. The average Bonchev–Trinajstić information content (AvgIpc) is 3.64. The first kappa shape index (κ1) is 121. The molecule has 90 heavy (non-hydrogen) atoms. The second-order valence-electron chi connectivity index (χ2n) is 22.4. The largest absolute Gasteiger partial charge is 0.540 e. The zero-order valence-electron chi connectivity index (χ0n) is 62.3. The minimum atomic E-state index is -0.501. The number of hydrogen-bond acceptors (Lipinski definition) is 10. The topological polar surface area (TPSA) is 237 Å². The molecule has 18 heteroatoms. The summed E-state index contributed by atoms with van der Waals surface area (Å²) in [5, 5.41) is 10.9. The normalized spacial score (nSPS) is 12.0. The summed E-state index contributed by atoms with van der Waals surface area (Å²) in [5.74, 6) is -0.471. The van der Waals surface area contributed by atoms with Crippen LogP contribution in [0.3, 0.4) is 0 Å². The van der Waals surface area contributed by atoms with E-state index in [2.05, 4.69) is 90.5 Å². The number of nitrogens with two attached hydrogens (primary N) is 2. The maximum Gasteiger partial charge on any atom is 0.234 e. The summed E-state index contributed by atoms with van der Waals surface area (Å²) in [5.41, 5.74) is 11.5. The molecule has 0 heterocycles. The number of carbonyl (C=O) groups is 4. The molecule has 0 saturated heterocycles. The van der Waals surface area contributed by atoms with Crippen LogP contribution >= 0.6 is 0 Å². The molecule has 0 fully saturated rings. The van der Waals surface area contributed by atoms with E-state index in [0.717, 1.165) is 161 Å². The first-order valence-electron chi connectivity index (χ1n) is 34.4. The third-order valence-corrected chi connectivity index (χ3v) is 12.3. The molecule has 0 aromatic heterocycles. The molecule has 0 spiro atoms. The molecule has 0 bridgehead atoms. The van der Waals surface area contributed by atoms with Crippen molar-refractivity contribution in [1.29, 1.82) is 0 Å². The van der Waals surface area contributed by atoms with E-state index in [1.54, 1.807) is 0 Å². The molecule has 0 saturated carbocycles. The maximum absolute atomic E-state index is 11.8. The Morgan fingerprint density at radius 2 is 0.456 bits per heavy atom. The van der Waals surface area contributed by atoms with Gasteiger partial charge in [-0.2, -0.15) is 55.4 Å². The van der Waals surface area contributed by atoms with Crippen molar-refractivity contribution in [1.82, 2.24) is 21.3 Å². The molecule has 0 aliphatic heterocycles. The Hall–Kier alpha value is 1.26. The molecule has 8 atom stereocenters. The molecule has 8 N–H and O–H groups in total. The fourth-order valence-corrected chi connectivity index (χ4v) is 7.19. The molecular weight excluding hydrogens is 1630 g/mol. The molecule has 8 unspecified atom stereocenters. The molecule has 4 amide bonds. The van der Waals surface area contributed by atoms with Gasteiger partial charge in [0.05, 0.1) is 12.1 Å². The van der Waals surface area contributed by atoms with Gasteiger partial charge in [0.2, 0.25) is 23.6 Å². The van der Waals surface area contributed by atoms with Gasteiger partial charge in [-0.3, -0.25) is 19.2 Å². The predicted molar refractivity (Wildman–Crippen MR) is 372 cm³/mol. The molecule has 0 aliphatic rings. The summed E-state index contributed by atoms with van der Waals surface area (Å²) >= 11 is 0. The molecule has 0 aromatic rings. The number of unbranched alkanes of at least 4 members (excludes halogenated alkanes) is 15. The van der Waals surface area contributed by atoms with Gasteiger partial charge in [0, 0.05) is 154 Å². The molecule has 0 rings (SSSR count). The van der Waals surface area contributed by atoms with Crippen molar-refractivity contribution in [2.24, 2.45) is 23.3 Å². The first-order chi connectivity index (χ1) is 41.2. The van der Waals surface area contributed by atoms with Gasteiger partial charge in [-0.15, -0.1) is 0 Å². The number of amides is 4. The van der Waals surface area contributed by atoms with Crippen molar-refractivity contribution in [3.8, 4) is 0 Å². The van der Waals surface area contributed by atoms with E-state index >= 15 is 0 Å². The molecule has 4 radical (unpaired) electrons. The summed E-state index contributed by atoms with van der Waals surface area (Å²) in [4.78, 5) is 90.0. The van der Waals surface area contributed by atoms with Crippen molar-refractivity contribution in [3.63, 3.8) is 0 Å². The molecule has 0 aliphatic carbocycles. The minimum Gasteiger partial charge on any atom is -0.540 e. The Morgan fingerprint density at radius 1 is 0.300 bits per heavy atom. The van der Waals surface area contributed by atoms with Crippen LogP contribution < -0.4 is 32.7 Å². The van der Waals surface area contributed by atoms with E-state index < -0.39 is 36.3 Å². The SMILES string of the molecule is CCC.CCCCCC([C-]=O)NC(=O)C(C)CCCC.CCCCCC([C-]=O)NC(=O)C(C)CCCCC.CCCCCC([C-]=O)NC(=O)C(N)CCCCC.CCCCCC([C-]=O)NC(=O)C(N)CCCCC.C[CH-]C.C[CH-]C.C[CH-]C.C[CH-]C.[La].[La].[La].[La]. The average molecular weight is 1780 g/mol. The van der Waals surface area contributed by atoms with Crippen LogP contribution in [0.25, 0.3) is 0 Å². The van der Waals surface area contributed by atoms with Crippen LogP contribution in [0, 0.1) is 180 Å². The van der Waals surface area contributed by atoms with Crippen molar-refractivity contribution < 1.29 is 181 Å². The van der Waals surface area contributed by atoms with E-state index in [1.165, 1.54) is 6.42 Å². The second-order valence-corrected chi connectivity index (χ2v) is 22.4. The van der Waals surface area contributed by atoms with Gasteiger partial charge in [0.25, 0.3) is 0 Å². The maximum atomic E-state index is 11.8. The Bertz CT molecular complexity index is 1270. The molecular formula is C72H144La4N6O8-8. The number of hydrogen-bond donors (Lipinski definition) is 6. The van der Waals surface area contributed by atoms with Crippen LogP contribution in [0.15, 0.2) is 0 Å². The molecule has 530 valence electrons. The quantitative estimate of drug-likeness (QED) is 0.0249.